The van der Waals surface area contributed by atoms with Crippen LogP contribution in [0, 0.1) is 0 Å². The average molecular weight is 255 g/mol. The van der Waals surface area contributed by atoms with E-state index in [0.717, 1.165) is 38.6 Å². The molecule has 0 unspecified atom stereocenters. The Morgan fingerprint density at radius 1 is 1.33 bits per heavy atom. The van der Waals surface area contributed by atoms with Crippen molar-refractivity contribution in [1.82, 2.24) is 4.90 Å². The fourth-order valence-corrected chi connectivity index (χ4v) is 3.25. The van der Waals surface area contributed by atoms with Crippen molar-refractivity contribution in [3.05, 3.63) is 0 Å². The first-order valence-electron chi connectivity index (χ1n) is 7.01. The van der Waals surface area contributed by atoms with E-state index < -0.39 is 5.60 Å². The molecule has 2 fully saturated rings. The number of nitrogens with zero attached hydrogens (tertiary/aromatic N) is 1. The number of aliphatic hydroxyl groups is 1. The zero-order chi connectivity index (χ0) is 13.4. The van der Waals surface area contributed by atoms with Crippen LogP contribution in [-0.4, -0.2) is 39.9 Å². The van der Waals surface area contributed by atoms with E-state index in [1.54, 1.807) is 0 Å². The predicted molar refractivity (Wildman–Crippen MR) is 69.4 cm³/mol. The molecule has 1 N–H and O–H groups in total. The van der Waals surface area contributed by atoms with Crippen LogP contribution in [0.3, 0.4) is 0 Å². The summed E-state index contributed by atoms with van der Waals surface area (Å²) in [6, 6.07) is 0. The molecule has 1 spiro atoms. The second-order valence-corrected chi connectivity index (χ2v) is 6.71. The summed E-state index contributed by atoms with van der Waals surface area (Å²) in [5, 5.41) is 9.80. The third-order valence-electron chi connectivity index (χ3n) is 4.02. The lowest BCUT2D eigenvalue weighted by Gasteiger charge is -2.45. The molecule has 1 aliphatic heterocycles. The molecule has 0 aromatic heterocycles. The summed E-state index contributed by atoms with van der Waals surface area (Å²) in [6.07, 6.45) is 5.15. The van der Waals surface area contributed by atoms with E-state index in [4.69, 9.17) is 4.74 Å². The van der Waals surface area contributed by atoms with Crippen molar-refractivity contribution in [3.8, 4) is 0 Å². The highest BCUT2D eigenvalue weighted by Gasteiger charge is 2.47. The van der Waals surface area contributed by atoms with Gasteiger partial charge in [-0.3, -0.25) is 0 Å². The van der Waals surface area contributed by atoms with Gasteiger partial charge in [-0.15, -0.1) is 0 Å². The SMILES string of the molecule is CC(C)(C)OC(=O)N1CCCC[C@]12CC[C@@H](O)C2. The van der Waals surface area contributed by atoms with Crippen LogP contribution >= 0.6 is 0 Å². The number of piperidine rings is 1. The lowest BCUT2D eigenvalue weighted by atomic mass is 9.85. The van der Waals surface area contributed by atoms with E-state index in [1.165, 1.54) is 0 Å². The van der Waals surface area contributed by atoms with E-state index in [1.807, 2.05) is 25.7 Å². The Labute approximate surface area is 109 Å². The summed E-state index contributed by atoms with van der Waals surface area (Å²) in [4.78, 5) is 14.2. The molecule has 1 heterocycles. The molecular formula is C14H25NO3. The summed E-state index contributed by atoms with van der Waals surface area (Å²) in [5.74, 6) is 0. The van der Waals surface area contributed by atoms with Crippen molar-refractivity contribution in [2.45, 2.75) is 76.5 Å². The number of ether oxygens (including phenoxy) is 1. The Morgan fingerprint density at radius 3 is 2.61 bits per heavy atom. The fourth-order valence-electron chi connectivity index (χ4n) is 3.25. The Hall–Kier alpha value is -0.770. The van der Waals surface area contributed by atoms with Gasteiger partial charge < -0.3 is 14.7 Å². The van der Waals surface area contributed by atoms with E-state index in [-0.39, 0.29) is 17.7 Å². The first kappa shape index (κ1) is 13.7. The second kappa shape index (κ2) is 4.72. The van der Waals surface area contributed by atoms with Crippen LogP contribution in [0.25, 0.3) is 0 Å². The number of amides is 1. The van der Waals surface area contributed by atoms with Crippen molar-refractivity contribution in [2.24, 2.45) is 0 Å². The number of rotatable bonds is 0. The van der Waals surface area contributed by atoms with Gasteiger partial charge in [0.2, 0.25) is 0 Å². The first-order valence-corrected chi connectivity index (χ1v) is 7.01. The number of likely N-dealkylation sites (tertiary alicyclic amines) is 1. The monoisotopic (exact) mass is 255 g/mol. The maximum Gasteiger partial charge on any atom is 0.410 e. The first-order chi connectivity index (χ1) is 8.32. The molecule has 2 atom stereocenters. The van der Waals surface area contributed by atoms with Gasteiger partial charge in [0.05, 0.1) is 6.10 Å². The van der Waals surface area contributed by atoms with E-state index in [2.05, 4.69) is 0 Å². The highest BCUT2D eigenvalue weighted by atomic mass is 16.6. The van der Waals surface area contributed by atoms with Crippen LogP contribution < -0.4 is 0 Å². The van der Waals surface area contributed by atoms with E-state index in [0.29, 0.717) is 6.42 Å². The maximum absolute atomic E-state index is 12.3. The topological polar surface area (TPSA) is 49.8 Å². The van der Waals surface area contributed by atoms with Crippen LogP contribution in [0.4, 0.5) is 4.79 Å². The number of carbonyl (C=O) groups excluding carboxylic acids is 1. The molecule has 18 heavy (non-hydrogen) atoms. The molecule has 0 aromatic rings. The largest absolute Gasteiger partial charge is 0.444 e. The summed E-state index contributed by atoms with van der Waals surface area (Å²) < 4.78 is 5.50. The van der Waals surface area contributed by atoms with Gasteiger partial charge in [-0.1, -0.05) is 0 Å². The second-order valence-electron chi connectivity index (χ2n) is 6.71. The van der Waals surface area contributed by atoms with Crippen molar-refractivity contribution in [3.63, 3.8) is 0 Å². The molecule has 1 amide bonds. The Balaban J connectivity index is 2.11. The standard InChI is InChI=1S/C14H25NO3/c1-13(2,3)18-12(17)15-9-5-4-7-14(15)8-6-11(16)10-14/h11,16H,4-10H2,1-3H3/t11-,14-/m1/s1. The summed E-state index contributed by atoms with van der Waals surface area (Å²) in [7, 11) is 0. The molecule has 2 aliphatic rings. The Morgan fingerprint density at radius 2 is 2.06 bits per heavy atom. The molecule has 1 saturated heterocycles. The van der Waals surface area contributed by atoms with Crippen molar-refractivity contribution < 1.29 is 14.6 Å². The number of carbonyl (C=O) groups is 1. The van der Waals surface area contributed by atoms with Gasteiger partial charge in [-0.25, -0.2) is 4.79 Å². The van der Waals surface area contributed by atoms with Crippen LogP contribution in [-0.2, 0) is 4.74 Å². The summed E-state index contributed by atoms with van der Waals surface area (Å²) in [5.41, 5.74) is -0.590. The van der Waals surface area contributed by atoms with E-state index in [9.17, 15) is 9.90 Å². The highest BCUT2D eigenvalue weighted by molar-refractivity contribution is 5.69. The van der Waals surface area contributed by atoms with Gasteiger partial charge >= 0.3 is 6.09 Å². The van der Waals surface area contributed by atoms with Crippen LogP contribution in [0.1, 0.15) is 59.3 Å². The summed E-state index contributed by atoms with van der Waals surface area (Å²) >= 11 is 0. The normalized spacial score (nSPS) is 32.9. The van der Waals surface area contributed by atoms with Crippen molar-refractivity contribution >= 4 is 6.09 Å². The number of hydrogen-bond donors (Lipinski definition) is 1. The van der Waals surface area contributed by atoms with Crippen molar-refractivity contribution in [1.29, 1.82) is 0 Å². The lowest BCUT2D eigenvalue weighted by molar-refractivity contribution is -0.0173. The minimum absolute atomic E-state index is 0.139. The molecule has 0 bridgehead atoms. The van der Waals surface area contributed by atoms with Gasteiger partial charge in [-0.05, 0) is 59.3 Å². The third-order valence-corrected chi connectivity index (χ3v) is 4.02. The molecular weight excluding hydrogens is 230 g/mol. The van der Waals surface area contributed by atoms with Gasteiger partial charge in [0.25, 0.3) is 0 Å². The molecule has 1 saturated carbocycles. The van der Waals surface area contributed by atoms with Crippen molar-refractivity contribution in [2.75, 3.05) is 6.54 Å². The van der Waals surface area contributed by atoms with Crippen LogP contribution in [0.5, 0.6) is 0 Å². The zero-order valence-electron chi connectivity index (χ0n) is 11.7. The minimum atomic E-state index is -0.451. The fraction of sp³-hybridized carbons (Fsp3) is 0.929. The summed E-state index contributed by atoms with van der Waals surface area (Å²) in [6.45, 7) is 6.45. The maximum atomic E-state index is 12.3. The molecule has 1 aliphatic carbocycles. The predicted octanol–water partition coefficient (Wildman–Crippen LogP) is 2.69. The Kier molecular flexibility index (Phi) is 3.58. The molecule has 104 valence electrons. The smallest absolute Gasteiger partial charge is 0.410 e. The van der Waals surface area contributed by atoms with Gasteiger partial charge in [0.1, 0.15) is 5.60 Å². The molecule has 0 radical (unpaired) electrons. The molecule has 4 heteroatoms. The lowest BCUT2D eigenvalue weighted by Crippen LogP contribution is -2.54. The van der Waals surface area contributed by atoms with E-state index >= 15 is 0 Å². The quantitative estimate of drug-likeness (QED) is 0.724. The van der Waals surface area contributed by atoms with Gasteiger partial charge in [0.15, 0.2) is 0 Å². The minimum Gasteiger partial charge on any atom is -0.444 e. The molecule has 2 rings (SSSR count). The Bertz CT molecular complexity index is 319. The van der Waals surface area contributed by atoms with Gasteiger partial charge in [-0.2, -0.15) is 0 Å². The molecule has 0 aromatic carbocycles. The highest BCUT2D eigenvalue weighted by Crippen LogP contribution is 2.42. The number of aliphatic hydroxyl groups excluding tert-OH is 1. The number of hydrogen-bond acceptors (Lipinski definition) is 3. The average Bonchev–Trinajstić information content (AvgIpc) is 2.58. The zero-order valence-corrected chi connectivity index (χ0v) is 11.7. The molecule has 4 nitrogen and oxygen atoms in total. The van der Waals surface area contributed by atoms with Gasteiger partial charge in [0, 0.05) is 12.1 Å². The van der Waals surface area contributed by atoms with Crippen LogP contribution in [0.15, 0.2) is 0 Å². The van der Waals surface area contributed by atoms with Crippen LogP contribution in [0.2, 0.25) is 0 Å². The third kappa shape index (κ3) is 2.79.